The summed E-state index contributed by atoms with van der Waals surface area (Å²) in [6.45, 7) is 0. The predicted octanol–water partition coefficient (Wildman–Crippen LogP) is 2.65. The van der Waals surface area contributed by atoms with Crippen LogP contribution in [0.1, 0.15) is 30.7 Å². The van der Waals surface area contributed by atoms with E-state index in [0.29, 0.717) is 17.9 Å². The Morgan fingerprint density at radius 2 is 2.28 bits per heavy atom. The minimum absolute atomic E-state index is 0.0113. The van der Waals surface area contributed by atoms with Gasteiger partial charge in [0.1, 0.15) is 0 Å². The lowest BCUT2D eigenvalue weighted by Gasteiger charge is -2.14. The van der Waals surface area contributed by atoms with Gasteiger partial charge in [-0.05, 0) is 17.9 Å². The summed E-state index contributed by atoms with van der Waals surface area (Å²) in [6.07, 6.45) is 2.97. The van der Waals surface area contributed by atoms with Crippen LogP contribution >= 0.6 is 0 Å². The van der Waals surface area contributed by atoms with E-state index in [1.807, 2.05) is 0 Å². The van der Waals surface area contributed by atoms with E-state index in [1.165, 1.54) is 19.2 Å². The van der Waals surface area contributed by atoms with E-state index in [-0.39, 0.29) is 17.6 Å². The topological polar surface area (TPSA) is 69.4 Å². The fourth-order valence-corrected chi connectivity index (χ4v) is 2.05. The summed E-state index contributed by atoms with van der Waals surface area (Å²) in [4.78, 5) is 22.1. The zero-order valence-electron chi connectivity index (χ0n) is 10.2. The number of esters is 1. The molecule has 18 heavy (non-hydrogen) atoms. The third kappa shape index (κ3) is 2.85. The van der Waals surface area contributed by atoms with Crippen LogP contribution in [0.3, 0.4) is 0 Å². The molecule has 0 heterocycles. The first-order valence-electron chi connectivity index (χ1n) is 5.94. The minimum Gasteiger partial charge on any atom is -0.469 e. The van der Waals surface area contributed by atoms with E-state index >= 15 is 0 Å². The van der Waals surface area contributed by atoms with Crippen molar-refractivity contribution in [2.75, 3.05) is 7.11 Å². The van der Waals surface area contributed by atoms with Gasteiger partial charge in [-0.1, -0.05) is 25.0 Å². The number of nitro groups is 1. The Balaban J connectivity index is 2.25. The monoisotopic (exact) mass is 249 g/mol. The van der Waals surface area contributed by atoms with Crippen LogP contribution < -0.4 is 0 Å². The van der Waals surface area contributed by atoms with E-state index in [4.69, 9.17) is 4.74 Å². The number of ether oxygens (including phenoxy) is 1. The maximum absolute atomic E-state index is 11.8. The van der Waals surface area contributed by atoms with Gasteiger partial charge in [-0.3, -0.25) is 14.9 Å². The lowest BCUT2D eigenvalue weighted by Crippen LogP contribution is -2.15. The summed E-state index contributed by atoms with van der Waals surface area (Å²) >= 11 is 0. The summed E-state index contributed by atoms with van der Waals surface area (Å²) < 4.78 is 4.79. The number of benzene rings is 1. The van der Waals surface area contributed by atoms with Crippen molar-refractivity contribution in [3.8, 4) is 0 Å². The molecule has 0 N–H and O–H groups in total. The molecule has 5 heteroatoms. The van der Waals surface area contributed by atoms with Gasteiger partial charge in [0.05, 0.1) is 18.0 Å². The Labute approximate surface area is 105 Å². The summed E-state index contributed by atoms with van der Waals surface area (Å²) in [6, 6.07) is 6.24. The summed E-state index contributed by atoms with van der Waals surface area (Å²) in [5, 5.41) is 10.7. The Kier molecular flexibility index (Phi) is 3.60. The number of hydrogen-bond donors (Lipinski definition) is 0. The Morgan fingerprint density at radius 1 is 1.56 bits per heavy atom. The van der Waals surface area contributed by atoms with Crippen molar-refractivity contribution < 1.29 is 14.5 Å². The molecule has 0 bridgehead atoms. The summed E-state index contributed by atoms with van der Waals surface area (Å²) in [5.41, 5.74) is 0.681. The smallest absolute Gasteiger partial charge is 0.313 e. The number of rotatable bonds is 5. The number of methoxy groups -OCH3 is 1. The number of carbonyl (C=O) groups is 1. The molecule has 1 unspecified atom stereocenters. The fourth-order valence-electron chi connectivity index (χ4n) is 2.05. The van der Waals surface area contributed by atoms with Crippen molar-refractivity contribution in [2.45, 2.75) is 25.2 Å². The normalized spacial score (nSPS) is 16.1. The van der Waals surface area contributed by atoms with E-state index in [9.17, 15) is 14.9 Å². The quantitative estimate of drug-likeness (QED) is 0.457. The number of non-ortho nitro benzene ring substituents is 1. The van der Waals surface area contributed by atoms with Crippen molar-refractivity contribution >= 4 is 11.7 Å². The van der Waals surface area contributed by atoms with Crippen molar-refractivity contribution in [1.82, 2.24) is 0 Å². The molecule has 0 aliphatic heterocycles. The second-order valence-corrected chi connectivity index (χ2v) is 4.61. The molecule has 0 saturated heterocycles. The molecule has 0 amide bonds. The zero-order chi connectivity index (χ0) is 13.1. The molecule has 2 rings (SSSR count). The lowest BCUT2D eigenvalue weighted by molar-refractivity contribution is -0.384. The van der Waals surface area contributed by atoms with Gasteiger partial charge < -0.3 is 4.74 Å². The van der Waals surface area contributed by atoms with Crippen LogP contribution in [0.25, 0.3) is 0 Å². The van der Waals surface area contributed by atoms with Crippen molar-refractivity contribution in [3.05, 3.63) is 39.9 Å². The van der Waals surface area contributed by atoms with Gasteiger partial charge in [0.15, 0.2) is 0 Å². The van der Waals surface area contributed by atoms with Crippen LogP contribution in [0.15, 0.2) is 24.3 Å². The molecule has 1 fully saturated rings. The van der Waals surface area contributed by atoms with Crippen LogP contribution in [-0.4, -0.2) is 18.0 Å². The molecule has 1 aromatic rings. The average molecular weight is 249 g/mol. The highest BCUT2D eigenvalue weighted by Gasteiger charge is 2.31. The van der Waals surface area contributed by atoms with Gasteiger partial charge in [-0.2, -0.15) is 0 Å². The molecule has 0 radical (unpaired) electrons. The molecule has 1 aromatic carbocycles. The highest BCUT2D eigenvalue weighted by Crippen LogP contribution is 2.39. The third-order valence-electron chi connectivity index (χ3n) is 3.24. The highest BCUT2D eigenvalue weighted by molar-refractivity contribution is 5.78. The molecule has 1 atom stereocenters. The largest absolute Gasteiger partial charge is 0.469 e. The van der Waals surface area contributed by atoms with Crippen LogP contribution in [0.2, 0.25) is 0 Å². The number of carbonyl (C=O) groups excluding carboxylic acids is 1. The van der Waals surface area contributed by atoms with Crippen molar-refractivity contribution in [2.24, 2.45) is 5.92 Å². The van der Waals surface area contributed by atoms with Gasteiger partial charge in [0.25, 0.3) is 5.69 Å². The van der Waals surface area contributed by atoms with Crippen LogP contribution in [0.5, 0.6) is 0 Å². The minimum atomic E-state index is -0.449. The zero-order valence-corrected chi connectivity index (χ0v) is 10.2. The van der Waals surface area contributed by atoms with Gasteiger partial charge in [0.2, 0.25) is 0 Å². The van der Waals surface area contributed by atoms with Crippen LogP contribution in [-0.2, 0) is 9.53 Å². The maximum Gasteiger partial charge on any atom is 0.313 e. The fraction of sp³-hybridized carbons (Fsp3) is 0.462. The van der Waals surface area contributed by atoms with E-state index in [1.54, 1.807) is 12.1 Å². The van der Waals surface area contributed by atoms with E-state index in [0.717, 1.165) is 12.8 Å². The molecule has 1 saturated carbocycles. The van der Waals surface area contributed by atoms with Gasteiger partial charge in [-0.15, -0.1) is 0 Å². The molecule has 5 nitrogen and oxygen atoms in total. The molecular formula is C13H15NO4. The number of nitro benzene ring substituents is 1. The number of nitrogens with zero attached hydrogens (tertiary/aromatic N) is 1. The van der Waals surface area contributed by atoms with Crippen molar-refractivity contribution in [3.63, 3.8) is 0 Å². The highest BCUT2D eigenvalue weighted by atomic mass is 16.6. The second kappa shape index (κ2) is 5.16. The van der Waals surface area contributed by atoms with Crippen LogP contribution in [0, 0.1) is 16.0 Å². The van der Waals surface area contributed by atoms with E-state index in [2.05, 4.69) is 0 Å². The first kappa shape index (κ1) is 12.5. The standard InChI is InChI=1S/C13H15NO4/c1-18-13(15)12(7-9-5-6-9)10-3-2-4-11(8-10)14(16)17/h2-4,8-9,12H,5-7H2,1H3. The Hall–Kier alpha value is -1.91. The SMILES string of the molecule is COC(=O)C(CC1CC1)c1cccc([N+](=O)[O-])c1. The lowest BCUT2D eigenvalue weighted by atomic mass is 9.93. The van der Waals surface area contributed by atoms with E-state index < -0.39 is 4.92 Å². The molecule has 1 aliphatic rings. The number of hydrogen-bond acceptors (Lipinski definition) is 4. The average Bonchev–Trinajstić information content (AvgIpc) is 3.19. The molecule has 96 valence electrons. The Morgan fingerprint density at radius 3 is 2.83 bits per heavy atom. The van der Waals surface area contributed by atoms with Gasteiger partial charge >= 0.3 is 5.97 Å². The van der Waals surface area contributed by atoms with Gasteiger partial charge in [0, 0.05) is 12.1 Å². The molecule has 0 aromatic heterocycles. The van der Waals surface area contributed by atoms with Gasteiger partial charge in [-0.25, -0.2) is 0 Å². The first-order valence-corrected chi connectivity index (χ1v) is 5.94. The second-order valence-electron chi connectivity index (χ2n) is 4.61. The van der Waals surface area contributed by atoms with Crippen molar-refractivity contribution in [1.29, 1.82) is 0 Å². The third-order valence-corrected chi connectivity index (χ3v) is 3.24. The predicted molar refractivity (Wildman–Crippen MR) is 65.2 cm³/mol. The summed E-state index contributed by atoms with van der Waals surface area (Å²) in [7, 11) is 1.35. The van der Waals surface area contributed by atoms with Crippen LogP contribution in [0.4, 0.5) is 5.69 Å². The maximum atomic E-state index is 11.8. The Bertz CT molecular complexity index is 468. The summed E-state index contributed by atoms with van der Waals surface area (Å²) in [5.74, 6) is -0.154. The molecule has 0 spiro atoms. The molecular weight excluding hydrogens is 234 g/mol. The first-order chi connectivity index (χ1) is 8.61. The molecule has 1 aliphatic carbocycles.